The van der Waals surface area contributed by atoms with Gasteiger partial charge >= 0.3 is 0 Å². The van der Waals surface area contributed by atoms with Crippen LogP contribution in [0.5, 0.6) is 0 Å². The van der Waals surface area contributed by atoms with E-state index in [1.807, 2.05) is 24.3 Å². The second-order valence-corrected chi connectivity index (χ2v) is 5.16. The van der Waals surface area contributed by atoms with Crippen LogP contribution in [0.2, 0.25) is 0 Å². The first kappa shape index (κ1) is 15.0. The number of hydrogen-bond acceptors (Lipinski definition) is 7. The summed E-state index contributed by atoms with van der Waals surface area (Å²) in [5.74, 6) is 0.0984. The molecule has 0 aliphatic carbocycles. The molecule has 1 amide bonds. The van der Waals surface area contributed by atoms with Gasteiger partial charge < -0.3 is 16.8 Å². The van der Waals surface area contributed by atoms with Crippen molar-refractivity contribution in [2.45, 2.75) is 18.5 Å². The van der Waals surface area contributed by atoms with Crippen LogP contribution in [0.1, 0.15) is 12.5 Å². The highest BCUT2D eigenvalue weighted by Gasteiger charge is 2.07. The molecule has 1 aromatic carbocycles. The number of nitrogens with zero attached hydrogens (tertiary/aromatic N) is 3. The molecule has 0 spiro atoms. The Hall–Kier alpha value is -2.35. The number of carbonyl (C=O) groups excluding carboxylic acids is 1. The van der Waals surface area contributed by atoms with E-state index >= 15 is 0 Å². The molecule has 0 unspecified atom stereocenters. The fourth-order valence-corrected chi connectivity index (χ4v) is 2.25. The fourth-order valence-electron chi connectivity index (χ4n) is 1.60. The molecule has 0 aliphatic heterocycles. The van der Waals surface area contributed by atoms with Crippen LogP contribution in [0.25, 0.3) is 0 Å². The molecule has 2 aromatic rings. The van der Waals surface area contributed by atoms with Crippen LogP contribution in [0.3, 0.4) is 0 Å². The highest BCUT2D eigenvalue weighted by atomic mass is 32.2. The second kappa shape index (κ2) is 6.89. The molecule has 2 rings (SSSR count). The molecule has 5 N–H and O–H groups in total. The van der Waals surface area contributed by atoms with Crippen LogP contribution >= 0.6 is 11.8 Å². The van der Waals surface area contributed by atoms with Gasteiger partial charge in [-0.3, -0.25) is 4.79 Å². The van der Waals surface area contributed by atoms with E-state index in [1.165, 1.54) is 5.56 Å². The molecule has 7 nitrogen and oxygen atoms in total. The Morgan fingerprint density at radius 2 is 1.76 bits per heavy atom. The molecule has 0 atom stereocenters. The number of benzene rings is 1. The van der Waals surface area contributed by atoms with Crippen LogP contribution in [-0.2, 0) is 11.2 Å². The van der Waals surface area contributed by atoms with E-state index < -0.39 is 0 Å². The highest BCUT2D eigenvalue weighted by molar-refractivity contribution is 7.99. The topological polar surface area (TPSA) is 120 Å². The maximum absolute atomic E-state index is 11.8. The predicted octanol–water partition coefficient (Wildman–Crippen LogP) is 1.33. The van der Waals surface area contributed by atoms with Gasteiger partial charge in [-0.2, -0.15) is 15.0 Å². The Balaban J connectivity index is 1.89. The summed E-state index contributed by atoms with van der Waals surface area (Å²) in [5, 5.41) is 3.13. The van der Waals surface area contributed by atoms with Gasteiger partial charge in [-0.1, -0.05) is 30.8 Å². The molecule has 0 saturated heterocycles. The van der Waals surface area contributed by atoms with Crippen LogP contribution in [0, 0.1) is 0 Å². The fraction of sp³-hybridized carbons (Fsp3) is 0.231. The van der Waals surface area contributed by atoms with Crippen molar-refractivity contribution in [2.24, 2.45) is 0 Å². The lowest BCUT2D eigenvalue weighted by molar-refractivity contribution is -0.113. The van der Waals surface area contributed by atoms with Crippen LogP contribution in [-0.4, -0.2) is 26.6 Å². The number of amides is 1. The van der Waals surface area contributed by atoms with Gasteiger partial charge in [-0.05, 0) is 24.1 Å². The van der Waals surface area contributed by atoms with Gasteiger partial charge in [0.25, 0.3) is 0 Å². The minimum absolute atomic E-state index is 0.0422. The molecule has 110 valence electrons. The Labute approximate surface area is 126 Å². The zero-order valence-electron chi connectivity index (χ0n) is 11.5. The summed E-state index contributed by atoms with van der Waals surface area (Å²) in [6.07, 6.45) is 0.965. The maximum atomic E-state index is 11.8. The van der Waals surface area contributed by atoms with Gasteiger partial charge in [0.15, 0.2) is 5.16 Å². The summed E-state index contributed by atoms with van der Waals surface area (Å²) in [4.78, 5) is 23.3. The molecule has 0 bridgehead atoms. The third-order valence-corrected chi connectivity index (χ3v) is 3.48. The summed E-state index contributed by atoms with van der Waals surface area (Å²) in [5.41, 5.74) is 12.9. The van der Waals surface area contributed by atoms with E-state index in [4.69, 9.17) is 11.5 Å². The Morgan fingerprint density at radius 1 is 1.14 bits per heavy atom. The Morgan fingerprint density at radius 3 is 2.33 bits per heavy atom. The van der Waals surface area contributed by atoms with Crippen molar-refractivity contribution in [3.8, 4) is 0 Å². The average Bonchev–Trinajstić information content (AvgIpc) is 2.45. The van der Waals surface area contributed by atoms with Gasteiger partial charge in [0.2, 0.25) is 17.8 Å². The third kappa shape index (κ3) is 4.60. The van der Waals surface area contributed by atoms with Crippen molar-refractivity contribution in [1.82, 2.24) is 15.0 Å². The SMILES string of the molecule is CCc1ccc(NC(=O)CSc2nc(N)nc(N)n2)cc1. The monoisotopic (exact) mass is 304 g/mol. The first-order valence-corrected chi connectivity index (χ1v) is 7.34. The predicted molar refractivity (Wildman–Crippen MR) is 83.8 cm³/mol. The first-order chi connectivity index (χ1) is 10.1. The largest absolute Gasteiger partial charge is 0.368 e. The number of hydrogen-bond donors (Lipinski definition) is 3. The van der Waals surface area contributed by atoms with Crippen LogP contribution < -0.4 is 16.8 Å². The van der Waals surface area contributed by atoms with Crippen LogP contribution in [0.15, 0.2) is 29.4 Å². The summed E-state index contributed by atoms with van der Waals surface area (Å²) >= 11 is 1.15. The molecular formula is C13H16N6OS. The number of rotatable bonds is 5. The van der Waals surface area contributed by atoms with Gasteiger partial charge in [0, 0.05) is 5.69 Å². The van der Waals surface area contributed by atoms with E-state index in [0.717, 1.165) is 23.9 Å². The maximum Gasteiger partial charge on any atom is 0.234 e. The van der Waals surface area contributed by atoms with Gasteiger partial charge in [0.05, 0.1) is 5.75 Å². The normalized spacial score (nSPS) is 10.3. The summed E-state index contributed by atoms with van der Waals surface area (Å²) < 4.78 is 0. The zero-order valence-corrected chi connectivity index (χ0v) is 12.4. The number of aryl methyl sites for hydroxylation is 1. The molecular weight excluding hydrogens is 288 g/mol. The number of carbonyl (C=O) groups is 1. The standard InChI is InChI=1S/C13H16N6OS/c1-2-8-3-5-9(6-4-8)16-10(20)7-21-13-18-11(14)17-12(15)19-13/h3-6H,2,7H2,1H3,(H,16,20)(H4,14,15,17,18,19). The molecule has 0 aliphatic rings. The smallest absolute Gasteiger partial charge is 0.234 e. The lowest BCUT2D eigenvalue weighted by atomic mass is 10.1. The van der Waals surface area contributed by atoms with Crippen molar-refractivity contribution in [3.63, 3.8) is 0 Å². The van der Waals surface area contributed by atoms with Gasteiger partial charge in [-0.25, -0.2) is 0 Å². The number of nitrogens with two attached hydrogens (primary N) is 2. The Bertz CT molecular complexity index is 611. The van der Waals surface area contributed by atoms with E-state index in [0.29, 0.717) is 5.16 Å². The molecule has 0 saturated carbocycles. The van der Waals surface area contributed by atoms with Crippen molar-refractivity contribution in [2.75, 3.05) is 22.5 Å². The number of anilines is 3. The molecule has 1 heterocycles. The number of aromatic nitrogens is 3. The van der Waals surface area contributed by atoms with Crippen molar-refractivity contribution >= 4 is 35.3 Å². The van der Waals surface area contributed by atoms with Gasteiger partial charge in [0.1, 0.15) is 0 Å². The zero-order chi connectivity index (χ0) is 15.2. The van der Waals surface area contributed by atoms with Crippen molar-refractivity contribution < 1.29 is 4.79 Å². The molecule has 0 radical (unpaired) electrons. The van der Waals surface area contributed by atoms with Crippen LogP contribution in [0.4, 0.5) is 17.6 Å². The van der Waals surface area contributed by atoms with E-state index in [9.17, 15) is 4.79 Å². The van der Waals surface area contributed by atoms with Gasteiger partial charge in [-0.15, -0.1) is 0 Å². The lowest BCUT2D eigenvalue weighted by Gasteiger charge is -2.06. The second-order valence-electron chi connectivity index (χ2n) is 4.22. The molecule has 21 heavy (non-hydrogen) atoms. The lowest BCUT2D eigenvalue weighted by Crippen LogP contribution is -2.14. The number of thioether (sulfide) groups is 1. The molecule has 8 heteroatoms. The summed E-state index contributed by atoms with van der Waals surface area (Å²) in [7, 11) is 0. The average molecular weight is 304 g/mol. The van der Waals surface area contributed by atoms with Crippen molar-refractivity contribution in [3.05, 3.63) is 29.8 Å². The summed E-state index contributed by atoms with van der Waals surface area (Å²) in [6.45, 7) is 2.08. The number of nitrogens with one attached hydrogen (secondary N) is 1. The van der Waals surface area contributed by atoms with Crippen molar-refractivity contribution in [1.29, 1.82) is 0 Å². The quantitative estimate of drug-likeness (QED) is 0.713. The highest BCUT2D eigenvalue weighted by Crippen LogP contribution is 2.15. The number of nitrogen functional groups attached to an aromatic ring is 2. The minimum atomic E-state index is -0.151. The van der Waals surface area contributed by atoms with E-state index in [1.54, 1.807) is 0 Å². The molecule has 0 fully saturated rings. The first-order valence-electron chi connectivity index (χ1n) is 6.35. The minimum Gasteiger partial charge on any atom is -0.368 e. The third-order valence-electron chi connectivity index (χ3n) is 2.63. The van der Waals surface area contributed by atoms with E-state index in [-0.39, 0.29) is 23.6 Å². The van der Waals surface area contributed by atoms with E-state index in [2.05, 4.69) is 27.2 Å². The molecule has 1 aromatic heterocycles. The Kier molecular flexibility index (Phi) is 4.94. The summed E-state index contributed by atoms with van der Waals surface area (Å²) in [6, 6.07) is 7.72.